The van der Waals surface area contributed by atoms with Crippen molar-refractivity contribution in [3.05, 3.63) is 5.89 Å². The van der Waals surface area contributed by atoms with Crippen LogP contribution in [0.1, 0.15) is 12.8 Å². The molecule has 1 heterocycles. The van der Waals surface area contributed by atoms with E-state index in [0.29, 0.717) is 5.89 Å². The SMILES string of the molecule is CC(=O)N[C@@H](CSCC(=O)Nc1nnc(C)o1)C(=O)O. The van der Waals surface area contributed by atoms with E-state index in [1.807, 2.05) is 0 Å². The standard InChI is InChI=1S/C10H14N4O5S/c1-5(15)11-7(9(17)18)3-20-4-8(16)12-10-14-13-6(2)19-10/h7H,3-4H2,1-2H3,(H,11,15)(H,17,18)(H,12,14,16)/t7-/m0/s1. The summed E-state index contributed by atoms with van der Waals surface area (Å²) in [4.78, 5) is 33.2. The van der Waals surface area contributed by atoms with E-state index in [-0.39, 0.29) is 17.5 Å². The first-order valence-electron chi connectivity index (χ1n) is 5.56. The van der Waals surface area contributed by atoms with Crippen LogP contribution in [0.5, 0.6) is 0 Å². The number of amides is 2. The molecule has 10 heteroatoms. The number of carbonyl (C=O) groups is 3. The van der Waals surface area contributed by atoms with Crippen molar-refractivity contribution in [2.24, 2.45) is 0 Å². The van der Waals surface area contributed by atoms with Crippen molar-refractivity contribution >= 4 is 35.6 Å². The summed E-state index contributed by atoms with van der Waals surface area (Å²) in [5, 5.41) is 20.6. The molecule has 1 aromatic heterocycles. The second-order valence-electron chi connectivity index (χ2n) is 3.78. The molecule has 0 spiro atoms. The van der Waals surface area contributed by atoms with Gasteiger partial charge in [-0.05, 0) is 0 Å². The van der Waals surface area contributed by atoms with Gasteiger partial charge >= 0.3 is 12.0 Å². The third-order valence-corrected chi connectivity index (χ3v) is 3.00. The molecular weight excluding hydrogens is 288 g/mol. The highest BCUT2D eigenvalue weighted by molar-refractivity contribution is 8.00. The Hall–Kier alpha value is -2.10. The number of rotatable bonds is 7. The monoisotopic (exact) mass is 302 g/mol. The number of hydrogen-bond donors (Lipinski definition) is 3. The Morgan fingerprint density at radius 2 is 2.10 bits per heavy atom. The molecule has 110 valence electrons. The molecule has 0 aliphatic heterocycles. The Labute approximate surface area is 118 Å². The van der Waals surface area contributed by atoms with Crippen LogP contribution >= 0.6 is 11.8 Å². The molecule has 2 amide bonds. The second-order valence-corrected chi connectivity index (χ2v) is 4.81. The van der Waals surface area contributed by atoms with Crippen LogP contribution in [-0.2, 0) is 14.4 Å². The number of nitrogens with one attached hydrogen (secondary N) is 2. The summed E-state index contributed by atoms with van der Waals surface area (Å²) in [6.07, 6.45) is 0. The Morgan fingerprint density at radius 3 is 2.60 bits per heavy atom. The summed E-state index contributed by atoms with van der Waals surface area (Å²) in [6.45, 7) is 2.81. The van der Waals surface area contributed by atoms with Crippen molar-refractivity contribution in [3.8, 4) is 0 Å². The van der Waals surface area contributed by atoms with E-state index < -0.39 is 23.8 Å². The van der Waals surface area contributed by atoms with Crippen LogP contribution in [0.3, 0.4) is 0 Å². The average Bonchev–Trinajstić information content (AvgIpc) is 2.72. The second kappa shape index (κ2) is 7.48. The largest absolute Gasteiger partial charge is 0.480 e. The molecule has 3 N–H and O–H groups in total. The zero-order chi connectivity index (χ0) is 15.1. The molecule has 20 heavy (non-hydrogen) atoms. The summed E-state index contributed by atoms with van der Waals surface area (Å²) in [5.74, 6) is -1.59. The van der Waals surface area contributed by atoms with Crippen molar-refractivity contribution < 1.29 is 23.9 Å². The first-order chi connectivity index (χ1) is 9.38. The molecule has 0 aliphatic rings. The molecule has 0 radical (unpaired) electrons. The van der Waals surface area contributed by atoms with Crippen LogP contribution in [0.2, 0.25) is 0 Å². The number of aryl methyl sites for hydroxylation is 1. The number of carbonyl (C=O) groups excluding carboxylic acids is 2. The lowest BCUT2D eigenvalue weighted by Gasteiger charge is -2.12. The number of aliphatic carboxylic acids is 1. The Balaban J connectivity index is 2.33. The quantitative estimate of drug-likeness (QED) is 0.621. The first-order valence-corrected chi connectivity index (χ1v) is 6.71. The van der Waals surface area contributed by atoms with Gasteiger partial charge in [-0.15, -0.1) is 16.9 Å². The minimum absolute atomic E-state index is 0.00475. The first kappa shape index (κ1) is 16.0. The maximum atomic E-state index is 11.5. The molecular formula is C10H14N4O5S. The fraction of sp³-hybridized carbons (Fsp3) is 0.500. The van der Waals surface area contributed by atoms with E-state index >= 15 is 0 Å². The summed E-state index contributed by atoms with van der Waals surface area (Å²) in [5.41, 5.74) is 0. The van der Waals surface area contributed by atoms with Gasteiger partial charge < -0.3 is 14.8 Å². The maximum Gasteiger partial charge on any atom is 0.327 e. The molecule has 0 saturated carbocycles. The zero-order valence-corrected chi connectivity index (χ0v) is 11.7. The van der Waals surface area contributed by atoms with Crippen LogP contribution < -0.4 is 10.6 Å². The Kier molecular flexibility index (Phi) is 5.97. The van der Waals surface area contributed by atoms with Crippen LogP contribution in [0.4, 0.5) is 6.01 Å². The smallest absolute Gasteiger partial charge is 0.327 e. The molecule has 9 nitrogen and oxygen atoms in total. The van der Waals surface area contributed by atoms with Gasteiger partial charge in [0.25, 0.3) is 0 Å². The van der Waals surface area contributed by atoms with Crippen molar-refractivity contribution in [1.82, 2.24) is 15.5 Å². The molecule has 1 rings (SSSR count). The predicted molar refractivity (Wildman–Crippen MR) is 70.2 cm³/mol. The van der Waals surface area contributed by atoms with E-state index in [1.165, 1.54) is 6.92 Å². The third kappa shape index (κ3) is 5.69. The van der Waals surface area contributed by atoms with Gasteiger partial charge in [-0.2, -0.15) is 0 Å². The van der Waals surface area contributed by atoms with E-state index in [0.717, 1.165) is 11.8 Å². The van der Waals surface area contributed by atoms with Crippen LogP contribution in [0.15, 0.2) is 4.42 Å². The van der Waals surface area contributed by atoms with Crippen LogP contribution in [0, 0.1) is 6.92 Å². The summed E-state index contributed by atoms with van der Waals surface area (Å²) < 4.78 is 4.96. The number of thioether (sulfide) groups is 1. The van der Waals surface area contributed by atoms with Gasteiger partial charge in [0.2, 0.25) is 17.7 Å². The number of nitrogens with zero attached hydrogens (tertiary/aromatic N) is 2. The number of anilines is 1. The molecule has 0 saturated heterocycles. The highest BCUT2D eigenvalue weighted by Gasteiger charge is 2.19. The van der Waals surface area contributed by atoms with Crippen LogP contribution in [0.25, 0.3) is 0 Å². The van der Waals surface area contributed by atoms with Gasteiger partial charge in [0, 0.05) is 19.6 Å². The van der Waals surface area contributed by atoms with Crippen molar-refractivity contribution in [1.29, 1.82) is 0 Å². The average molecular weight is 302 g/mol. The van der Waals surface area contributed by atoms with Crippen molar-refractivity contribution in [2.45, 2.75) is 19.9 Å². The fourth-order valence-corrected chi connectivity index (χ4v) is 2.03. The molecule has 0 bridgehead atoms. The van der Waals surface area contributed by atoms with Crippen molar-refractivity contribution in [2.75, 3.05) is 16.8 Å². The number of hydrogen-bond acceptors (Lipinski definition) is 7. The number of carboxylic acid groups (broad SMARTS) is 1. The van der Waals surface area contributed by atoms with E-state index in [2.05, 4.69) is 20.8 Å². The summed E-state index contributed by atoms with van der Waals surface area (Å²) in [7, 11) is 0. The molecule has 1 atom stereocenters. The lowest BCUT2D eigenvalue weighted by atomic mass is 10.3. The Bertz CT molecular complexity index is 504. The van der Waals surface area contributed by atoms with Crippen molar-refractivity contribution in [3.63, 3.8) is 0 Å². The van der Waals surface area contributed by atoms with Gasteiger partial charge in [0.15, 0.2) is 0 Å². The van der Waals surface area contributed by atoms with Gasteiger partial charge in [-0.1, -0.05) is 5.10 Å². The lowest BCUT2D eigenvalue weighted by molar-refractivity contribution is -0.140. The number of carboxylic acids is 1. The Morgan fingerprint density at radius 1 is 1.40 bits per heavy atom. The minimum Gasteiger partial charge on any atom is -0.480 e. The highest BCUT2D eigenvalue weighted by atomic mass is 32.2. The molecule has 0 aliphatic carbocycles. The van der Waals surface area contributed by atoms with Gasteiger partial charge in [-0.3, -0.25) is 14.9 Å². The zero-order valence-electron chi connectivity index (χ0n) is 10.9. The van der Waals surface area contributed by atoms with Crippen LogP contribution in [-0.4, -0.2) is 50.6 Å². The molecule has 0 aromatic carbocycles. The topological polar surface area (TPSA) is 134 Å². The van der Waals surface area contributed by atoms with Gasteiger partial charge in [-0.25, -0.2) is 4.79 Å². The summed E-state index contributed by atoms with van der Waals surface area (Å²) in [6, 6.07) is -1.04. The van der Waals surface area contributed by atoms with E-state index in [4.69, 9.17) is 9.52 Å². The molecule has 1 aromatic rings. The lowest BCUT2D eigenvalue weighted by Crippen LogP contribution is -2.41. The maximum absolute atomic E-state index is 11.5. The minimum atomic E-state index is -1.15. The van der Waals surface area contributed by atoms with Gasteiger partial charge in [0.05, 0.1) is 5.75 Å². The predicted octanol–water partition coefficient (Wildman–Crippen LogP) is -0.361. The van der Waals surface area contributed by atoms with E-state index in [1.54, 1.807) is 6.92 Å². The van der Waals surface area contributed by atoms with Gasteiger partial charge in [0.1, 0.15) is 6.04 Å². The number of aromatic nitrogens is 2. The third-order valence-electron chi connectivity index (χ3n) is 1.97. The normalized spacial score (nSPS) is 11.7. The molecule has 0 fully saturated rings. The summed E-state index contributed by atoms with van der Waals surface area (Å²) >= 11 is 1.07. The highest BCUT2D eigenvalue weighted by Crippen LogP contribution is 2.07. The fourth-order valence-electron chi connectivity index (χ4n) is 1.19. The molecule has 0 unspecified atom stereocenters. The van der Waals surface area contributed by atoms with E-state index in [9.17, 15) is 14.4 Å².